The summed E-state index contributed by atoms with van der Waals surface area (Å²) in [6, 6.07) is 0. The van der Waals surface area contributed by atoms with E-state index in [1.807, 2.05) is 20.8 Å². The fourth-order valence-corrected chi connectivity index (χ4v) is 0.785. The van der Waals surface area contributed by atoms with Crippen molar-refractivity contribution in [2.24, 2.45) is 16.1 Å². The number of hydrogen-bond acceptors (Lipinski definition) is 3. The number of rotatable bonds is 4. The molecule has 0 radical (unpaired) electrons. The largest absolute Gasteiger partial charge is 0.465 e. The maximum absolute atomic E-state index is 11.3. The summed E-state index contributed by atoms with van der Waals surface area (Å²) in [5.74, 6) is -0.186. The van der Waals surface area contributed by atoms with Gasteiger partial charge in [-0.2, -0.15) is 0 Å². The second kappa shape index (κ2) is 8.47. The van der Waals surface area contributed by atoms with E-state index in [-0.39, 0.29) is 23.5 Å². The number of nitrogens with zero attached hydrogens (tertiary/aromatic N) is 1. The van der Waals surface area contributed by atoms with Crippen LogP contribution in [0.5, 0.6) is 0 Å². The zero-order valence-electron chi connectivity index (χ0n) is 9.86. The third-order valence-electron chi connectivity index (χ3n) is 1.54. The van der Waals surface area contributed by atoms with Crippen LogP contribution in [0.15, 0.2) is 4.99 Å². The van der Waals surface area contributed by atoms with Crippen LogP contribution in [0.1, 0.15) is 33.6 Å². The van der Waals surface area contributed by atoms with Gasteiger partial charge in [0, 0.05) is 6.21 Å². The molecule has 0 fully saturated rings. The highest BCUT2D eigenvalue weighted by Crippen LogP contribution is 2.15. The van der Waals surface area contributed by atoms with Crippen molar-refractivity contribution in [3.05, 3.63) is 0 Å². The van der Waals surface area contributed by atoms with E-state index >= 15 is 0 Å². The van der Waals surface area contributed by atoms with Crippen LogP contribution < -0.4 is 5.73 Å². The second-order valence-electron chi connectivity index (χ2n) is 4.18. The summed E-state index contributed by atoms with van der Waals surface area (Å²) >= 11 is 4.56. The number of halogens is 1. The Morgan fingerprint density at radius 1 is 1.50 bits per heavy atom. The van der Waals surface area contributed by atoms with E-state index in [2.05, 4.69) is 17.2 Å². The number of aliphatic imine (C=N–C) groups is 1. The van der Waals surface area contributed by atoms with Crippen LogP contribution in [-0.2, 0) is 9.53 Å². The second-order valence-corrected chi connectivity index (χ2v) is 4.60. The Morgan fingerprint density at radius 2 is 2.06 bits per heavy atom. The van der Waals surface area contributed by atoms with Gasteiger partial charge in [-0.1, -0.05) is 0 Å². The number of nitrogens with two attached hydrogens (primary N) is 1. The molecule has 4 nitrogen and oxygen atoms in total. The first kappa shape index (κ1) is 17.7. The number of thiocarbonyl (C=S) groups is 1. The van der Waals surface area contributed by atoms with Crippen LogP contribution in [0.25, 0.3) is 0 Å². The molecule has 0 aliphatic rings. The Bertz CT molecular complexity index is 262. The Kier molecular flexibility index (Phi) is 9.37. The van der Waals surface area contributed by atoms with E-state index < -0.39 is 5.41 Å². The van der Waals surface area contributed by atoms with Crippen molar-refractivity contribution in [3.63, 3.8) is 0 Å². The van der Waals surface area contributed by atoms with Crippen LogP contribution in [-0.4, -0.2) is 23.9 Å². The lowest BCUT2D eigenvalue weighted by molar-refractivity contribution is -0.152. The van der Waals surface area contributed by atoms with Crippen LogP contribution in [0.2, 0.25) is 0 Å². The maximum atomic E-state index is 11.3. The fraction of sp³-hybridized carbons (Fsp3) is 0.700. The predicted molar refractivity (Wildman–Crippen MR) is 72.2 cm³/mol. The van der Waals surface area contributed by atoms with Gasteiger partial charge in [0.2, 0.25) is 0 Å². The van der Waals surface area contributed by atoms with Gasteiger partial charge in [-0.25, -0.2) is 4.99 Å². The van der Waals surface area contributed by atoms with Crippen molar-refractivity contribution >= 4 is 41.9 Å². The van der Waals surface area contributed by atoms with Gasteiger partial charge in [-0.3, -0.25) is 4.79 Å². The monoisotopic (exact) mass is 266 g/mol. The zero-order valence-corrected chi connectivity index (χ0v) is 11.5. The molecule has 0 bridgehead atoms. The Morgan fingerprint density at radius 3 is 2.50 bits per heavy atom. The molecule has 0 rings (SSSR count). The minimum absolute atomic E-state index is 0. The van der Waals surface area contributed by atoms with E-state index in [4.69, 9.17) is 10.5 Å². The van der Waals surface area contributed by atoms with E-state index in [0.29, 0.717) is 13.0 Å². The summed E-state index contributed by atoms with van der Waals surface area (Å²) in [4.78, 5) is 15.0. The Hall–Kier alpha value is -0.680. The molecular weight excluding hydrogens is 248 g/mol. The number of ether oxygens (including phenoxy) is 1. The molecule has 0 aliphatic heterocycles. The van der Waals surface area contributed by atoms with E-state index in [9.17, 15) is 4.79 Å². The molecule has 16 heavy (non-hydrogen) atoms. The minimum Gasteiger partial charge on any atom is -0.465 e. The third kappa shape index (κ3) is 9.86. The summed E-state index contributed by atoms with van der Waals surface area (Å²) in [6.45, 7) is 5.87. The molecule has 0 atom stereocenters. The van der Waals surface area contributed by atoms with Crippen molar-refractivity contribution in [2.75, 3.05) is 6.61 Å². The first-order valence-corrected chi connectivity index (χ1v) is 5.24. The number of hydrogen-bond donors (Lipinski definition) is 1. The Labute approximate surface area is 108 Å². The Balaban J connectivity index is 0. The average molecular weight is 267 g/mol. The lowest BCUT2D eigenvalue weighted by atomic mass is 9.97. The maximum Gasteiger partial charge on any atom is 0.311 e. The summed E-state index contributed by atoms with van der Waals surface area (Å²) in [7, 11) is 0. The molecule has 0 spiro atoms. The summed E-state index contributed by atoms with van der Waals surface area (Å²) < 4.78 is 5.05. The topological polar surface area (TPSA) is 64.7 Å². The van der Waals surface area contributed by atoms with E-state index in [1.165, 1.54) is 0 Å². The van der Waals surface area contributed by atoms with Gasteiger partial charge >= 0.3 is 5.97 Å². The standard InChI is InChI=1S/C10H18N2O2S.ClH/c1-10(2,3)8(13)14-7-5-4-6-12-9(11)15;/h6H,4-5,7H2,1-3H3,(H2,11,15);1H. The van der Waals surface area contributed by atoms with Gasteiger partial charge < -0.3 is 10.5 Å². The molecule has 0 heterocycles. The highest BCUT2D eigenvalue weighted by Gasteiger charge is 2.22. The van der Waals surface area contributed by atoms with Gasteiger partial charge in [0.1, 0.15) is 0 Å². The van der Waals surface area contributed by atoms with E-state index in [0.717, 1.165) is 6.42 Å². The van der Waals surface area contributed by atoms with Gasteiger partial charge in [-0.15, -0.1) is 12.4 Å². The molecular formula is C10H19ClN2O2S. The van der Waals surface area contributed by atoms with Crippen LogP contribution >= 0.6 is 24.6 Å². The SMILES string of the molecule is CC(C)(C)C(=O)OCCCC=NC(N)=S.Cl. The summed E-state index contributed by atoms with van der Waals surface area (Å²) in [5.41, 5.74) is 4.72. The smallest absolute Gasteiger partial charge is 0.311 e. The molecule has 0 saturated carbocycles. The zero-order chi connectivity index (χ0) is 11.9. The molecule has 94 valence electrons. The number of unbranched alkanes of at least 4 members (excludes halogenated alkanes) is 1. The molecule has 0 aromatic carbocycles. The van der Waals surface area contributed by atoms with Gasteiger partial charge in [0.25, 0.3) is 0 Å². The molecule has 2 N–H and O–H groups in total. The van der Waals surface area contributed by atoms with Gasteiger partial charge in [0.15, 0.2) is 5.11 Å². The lowest BCUT2D eigenvalue weighted by Crippen LogP contribution is -2.23. The molecule has 0 aliphatic carbocycles. The average Bonchev–Trinajstić information content (AvgIpc) is 2.08. The van der Waals surface area contributed by atoms with Gasteiger partial charge in [0.05, 0.1) is 12.0 Å². The number of carbonyl (C=O) groups excluding carboxylic acids is 1. The minimum atomic E-state index is -0.438. The molecule has 0 saturated heterocycles. The van der Waals surface area contributed by atoms with Crippen molar-refractivity contribution in [2.45, 2.75) is 33.6 Å². The van der Waals surface area contributed by atoms with Gasteiger partial charge in [-0.05, 0) is 45.8 Å². The molecule has 6 heteroatoms. The van der Waals surface area contributed by atoms with Crippen molar-refractivity contribution in [3.8, 4) is 0 Å². The van der Waals surface area contributed by atoms with Crippen molar-refractivity contribution in [1.29, 1.82) is 0 Å². The highest BCUT2D eigenvalue weighted by atomic mass is 35.5. The lowest BCUT2D eigenvalue weighted by Gasteiger charge is -2.16. The molecule has 0 unspecified atom stereocenters. The molecule has 0 aromatic rings. The highest BCUT2D eigenvalue weighted by molar-refractivity contribution is 7.80. The van der Waals surface area contributed by atoms with Crippen LogP contribution in [0, 0.1) is 5.41 Å². The van der Waals surface area contributed by atoms with Crippen LogP contribution in [0.3, 0.4) is 0 Å². The fourth-order valence-electron chi connectivity index (χ4n) is 0.711. The molecule has 0 aromatic heterocycles. The van der Waals surface area contributed by atoms with Crippen molar-refractivity contribution in [1.82, 2.24) is 0 Å². The first-order chi connectivity index (χ1) is 6.84. The summed E-state index contributed by atoms with van der Waals surface area (Å²) in [6.07, 6.45) is 3.07. The first-order valence-electron chi connectivity index (χ1n) is 4.83. The normalized spacial score (nSPS) is 10.9. The number of esters is 1. The van der Waals surface area contributed by atoms with Crippen LogP contribution in [0.4, 0.5) is 0 Å². The van der Waals surface area contributed by atoms with E-state index in [1.54, 1.807) is 6.21 Å². The molecule has 0 amide bonds. The number of carbonyl (C=O) groups is 1. The third-order valence-corrected chi connectivity index (χ3v) is 1.65. The quantitative estimate of drug-likeness (QED) is 0.366. The predicted octanol–water partition coefficient (Wildman–Crippen LogP) is 2.09. The summed E-state index contributed by atoms with van der Waals surface area (Å²) in [5, 5.41) is 0.127. The van der Waals surface area contributed by atoms with Crippen molar-refractivity contribution < 1.29 is 9.53 Å².